The van der Waals surface area contributed by atoms with Crippen molar-refractivity contribution in [2.45, 2.75) is 39.2 Å². The monoisotopic (exact) mass is 190 g/mol. The second kappa shape index (κ2) is 4.94. The van der Waals surface area contributed by atoms with Gasteiger partial charge < -0.3 is 4.74 Å². The smallest absolute Gasteiger partial charge is 0.306 e. The van der Waals surface area contributed by atoms with Gasteiger partial charge in [0.05, 0.1) is 6.42 Å². The Balaban J connectivity index is 3.71. The number of hydrogen-bond donors (Lipinski definition) is 0. The average Bonchev–Trinajstić information content (AvgIpc) is 1.97. The molecule has 0 saturated carbocycles. The Morgan fingerprint density at radius 2 is 1.77 bits per heavy atom. The Morgan fingerprint density at radius 3 is 2.15 bits per heavy atom. The van der Waals surface area contributed by atoms with Crippen LogP contribution in [0.3, 0.4) is 0 Å². The van der Waals surface area contributed by atoms with Crippen molar-refractivity contribution in [2.75, 3.05) is 6.67 Å². The molecule has 0 aliphatic heterocycles. The number of carbonyl (C=O) groups excluding carboxylic acids is 2. The normalized spacial score (nSPS) is 11.1. The molecule has 0 aromatic heterocycles. The lowest BCUT2D eigenvalue weighted by molar-refractivity contribution is -0.155. The highest BCUT2D eigenvalue weighted by atomic mass is 19.1. The number of ketones is 1. The van der Waals surface area contributed by atoms with E-state index in [-0.39, 0.29) is 12.8 Å². The molecule has 0 heterocycles. The maximum absolute atomic E-state index is 11.7. The summed E-state index contributed by atoms with van der Waals surface area (Å²) in [5.41, 5.74) is -0.546. The fraction of sp³-hybridized carbons (Fsp3) is 0.778. The van der Waals surface area contributed by atoms with Crippen molar-refractivity contribution in [3.05, 3.63) is 0 Å². The van der Waals surface area contributed by atoms with Crippen molar-refractivity contribution in [3.63, 3.8) is 0 Å². The molecule has 0 spiro atoms. The standard InChI is InChI=1S/C9H15FO3/c1-9(2,3)13-8(12)5-4-7(11)6-10/h4-6H2,1-3H3. The van der Waals surface area contributed by atoms with Crippen LogP contribution >= 0.6 is 0 Å². The fourth-order valence-corrected chi connectivity index (χ4v) is 0.701. The van der Waals surface area contributed by atoms with Crippen LogP contribution in [0.15, 0.2) is 0 Å². The molecule has 0 rings (SSSR count). The molecule has 4 heteroatoms. The van der Waals surface area contributed by atoms with Gasteiger partial charge in [-0.25, -0.2) is 4.39 Å². The first-order chi connectivity index (χ1) is 5.85. The van der Waals surface area contributed by atoms with Crippen LogP contribution in [0, 0.1) is 0 Å². The number of hydrogen-bond acceptors (Lipinski definition) is 3. The SMILES string of the molecule is CC(C)(C)OC(=O)CCC(=O)CF. The Labute approximate surface area is 77.3 Å². The van der Waals surface area contributed by atoms with Gasteiger partial charge in [0.15, 0.2) is 5.78 Å². The van der Waals surface area contributed by atoms with Crippen LogP contribution in [0.1, 0.15) is 33.6 Å². The van der Waals surface area contributed by atoms with Gasteiger partial charge in [-0.2, -0.15) is 0 Å². The number of carbonyl (C=O) groups is 2. The first kappa shape index (κ1) is 12.1. The van der Waals surface area contributed by atoms with Crippen molar-refractivity contribution >= 4 is 11.8 Å². The van der Waals surface area contributed by atoms with Gasteiger partial charge in [0.1, 0.15) is 12.3 Å². The van der Waals surface area contributed by atoms with Crippen LogP contribution in [-0.4, -0.2) is 24.0 Å². The molecule has 0 saturated heterocycles. The molecule has 0 atom stereocenters. The second-order valence-electron chi connectivity index (χ2n) is 3.76. The van der Waals surface area contributed by atoms with E-state index < -0.39 is 24.0 Å². The average molecular weight is 190 g/mol. The van der Waals surface area contributed by atoms with E-state index in [1.807, 2.05) is 0 Å². The maximum atomic E-state index is 11.7. The summed E-state index contributed by atoms with van der Waals surface area (Å²) in [5.74, 6) is -1.03. The summed E-state index contributed by atoms with van der Waals surface area (Å²) < 4.78 is 16.6. The van der Waals surface area contributed by atoms with Gasteiger partial charge in [-0.05, 0) is 20.8 Å². The molecule has 76 valence electrons. The van der Waals surface area contributed by atoms with Crippen LogP contribution in [0.2, 0.25) is 0 Å². The van der Waals surface area contributed by atoms with Crippen molar-refractivity contribution in [2.24, 2.45) is 0 Å². The molecular formula is C9H15FO3. The van der Waals surface area contributed by atoms with E-state index in [1.54, 1.807) is 20.8 Å². The second-order valence-corrected chi connectivity index (χ2v) is 3.76. The lowest BCUT2D eigenvalue weighted by Crippen LogP contribution is -2.24. The number of Topliss-reactive ketones (excluding diaryl/α,β-unsaturated/α-hetero) is 1. The van der Waals surface area contributed by atoms with Gasteiger partial charge in [0.25, 0.3) is 0 Å². The highest BCUT2D eigenvalue weighted by Crippen LogP contribution is 2.09. The van der Waals surface area contributed by atoms with Gasteiger partial charge in [-0.1, -0.05) is 0 Å². The fourth-order valence-electron chi connectivity index (χ4n) is 0.701. The summed E-state index contributed by atoms with van der Waals surface area (Å²) in [6.45, 7) is 4.20. The minimum absolute atomic E-state index is 0.0416. The molecule has 0 aromatic rings. The van der Waals surface area contributed by atoms with Crippen molar-refractivity contribution in [3.8, 4) is 0 Å². The Hall–Kier alpha value is -0.930. The zero-order valence-electron chi connectivity index (χ0n) is 8.22. The lowest BCUT2D eigenvalue weighted by Gasteiger charge is -2.19. The van der Waals surface area contributed by atoms with Gasteiger partial charge in [-0.3, -0.25) is 9.59 Å². The molecule has 0 bridgehead atoms. The summed E-state index contributed by atoms with van der Waals surface area (Å²) in [4.78, 5) is 21.5. The maximum Gasteiger partial charge on any atom is 0.306 e. The molecule has 0 fully saturated rings. The molecule has 13 heavy (non-hydrogen) atoms. The largest absolute Gasteiger partial charge is 0.460 e. The van der Waals surface area contributed by atoms with Crippen LogP contribution in [0.4, 0.5) is 4.39 Å². The molecular weight excluding hydrogens is 175 g/mol. The van der Waals surface area contributed by atoms with Crippen molar-refractivity contribution in [1.82, 2.24) is 0 Å². The molecule has 0 radical (unpaired) electrons. The van der Waals surface area contributed by atoms with Crippen molar-refractivity contribution < 1.29 is 18.7 Å². The first-order valence-electron chi connectivity index (χ1n) is 4.14. The van der Waals surface area contributed by atoms with Gasteiger partial charge >= 0.3 is 5.97 Å². The minimum atomic E-state index is -1.01. The number of esters is 1. The molecule has 0 aliphatic rings. The molecule has 0 unspecified atom stereocenters. The summed E-state index contributed by atoms with van der Waals surface area (Å²) in [6.07, 6.45) is -0.120. The van der Waals surface area contributed by atoms with Crippen molar-refractivity contribution in [1.29, 1.82) is 0 Å². The first-order valence-corrected chi connectivity index (χ1v) is 4.14. The topological polar surface area (TPSA) is 43.4 Å². The van der Waals surface area contributed by atoms with Gasteiger partial charge in [0.2, 0.25) is 0 Å². The molecule has 0 aromatic carbocycles. The quantitative estimate of drug-likeness (QED) is 0.633. The number of rotatable bonds is 4. The van der Waals surface area contributed by atoms with Crippen LogP contribution in [0.25, 0.3) is 0 Å². The summed E-state index contributed by atoms with van der Waals surface area (Å²) in [7, 11) is 0. The Kier molecular flexibility index (Phi) is 4.59. The number of alkyl halides is 1. The van der Waals surface area contributed by atoms with E-state index in [0.29, 0.717) is 0 Å². The zero-order valence-corrected chi connectivity index (χ0v) is 8.22. The van der Waals surface area contributed by atoms with Gasteiger partial charge in [-0.15, -0.1) is 0 Å². The molecule has 0 aliphatic carbocycles. The van der Waals surface area contributed by atoms with E-state index in [1.165, 1.54) is 0 Å². The number of ether oxygens (including phenoxy) is 1. The highest BCUT2D eigenvalue weighted by Gasteiger charge is 2.16. The number of halogens is 1. The molecule has 3 nitrogen and oxygen atoms in total. The Bertz CT molecular complexity index is 194. The minimum Gasteiger partial charge on any atom is -0.460 e. The van der Waals surface area contributed by atoms with E-state index in [2.05, 4.69) is 0 Å². The van der Waals surface area contributed by atoms with E-state index in [4.69, 9.17) is 4.74 Å². The lowest BCUT2D eigenvalue weighted by atomic mass is 10.2. The van der Waals surface area contributed by atoms with Crippen LogP contribution in [-0.2, 0) is 14.3 Å². The summed E-state index contributed by atoms with van der Waals surface area (Å²) in [6, 6.07) is 0. The van der Waals surface area contributed by atoms with E-state index in [9.17, 15) is 14.0 Å². The van der Waals surface area contributed by atoms with Crippen LogP contribution in [0.5, 0.6) is 0 Å². The highest BCUT2D eigenvalue weighted by molar-refractivity contribution is 5.83. The molecule has 0 N–H and O–H groups in total. The summed E-state index contributed by atoms with van der Waals surface area (Å²) >= 11 is 0. The Morgan fingerprint density at radius 1 is 1.23 bits per heavy atom. The zero-order chi connectivity index (χ0) is 10.5. The van der Waals surface area contributed by atoms with E-state index in [0.717, 1.165) is 0 Å². The third-order valence-corrected chi connectivity index (χ3v) is 1.18. The predicted molar refractivity (Wildman–Crippen MR) is 46.1 cm³/mol. The third-order valence-electron chi connectivity index (χ3n) is 1.18. The third kappa shape index (κ3) is 7.43. The van der Waals surface area contributed by atoms with E-state index >= 15 is 0 Å². The summed E-state index contributed by atoms with van der Waals surface area (Å²) in [5, 5.41) is 0. The molecule has 0 amide bonds. The van der Waals surface area contributed by atoms with Crippen LogP contribution < -0.4 is 0 Å². The van der Waals surface area contributed by atoms with Gasteiger partial charge in [0, 0.05) is 6.42 Å². The predicted octanol–water partition coefficient (Wildman–Crippen LogP) is 1.65.